The van der Waals surface area contributed by atoms with Gasteiger partial charge in [0.1, 0.15) is 11.4 Å². The summed E-state index contributed by atoms with van der Waals surface area (Å²) in [5.41, 5.74) is 0.0904. The Bertz CT molecular complexity index is 1290. The Hall–Kier alpha value is -3.27. The van der Waals surface area contributed by atoms with Gasteiger partial charge in [0, 0.05) is 11.6 Å². The predicted molar refractivity (Wildman–Crippen MR) is 116 cm³/mol. The minimum absolute atomic E-state index is 0.0557. The normalized spacial score (nSPS) is 13.0. The third-order valence-electron chi connectivity index (χ3n) is 4.96. The summed E-state index contributed by atoms with van der Waals surface area (Å²) in [4.78, 5) is 13.5. The smallest absolute Gasteiger partial charge is 0.432 e. The molecule has 0 amide bonds. The molecule has 0 aliphatic carbocycles. The number of benzene rings is 2. The summed E-state index contributed by atoms with van der Waals surface area (Å²) in [7, 11) is 1.55. The van der Waals surface area contributed by atoms with Crippen LogP contribution < -0.4 is 15.0 Å². The van der Waals surface area contributed by atoms with Crippen molar-refractivity contribution in [1.82, 2.24) is 14.2 Å². The molecule has 10 heteroatoms. The molecule has 1 atom stereocenters. The predicted octanol–water partition coefficient (Wildman–Crippen LogP) is 5.56. The van der Waals surface area contributed by atoms with Crippen LogP contribution >= 0.6 is 11.5 Å². The summed E-state index contributed by atoms with van der Waals surface area (Å²) in [6.45, 7) is 3.95. The number of hydrogen-bond acceptors (Lipinski definition) is 5. The number of nitrogens with zero attached hydrogens (tertiary/aromatic N) is 2. The molecule has 2 aromatic carbocycles. The molecule has 2 aromatic heterocycles. The number of aromatic amines is 1. The molecule has 6 nitrogen and oxygen atoms in total. The summed E-state index contributed by atoms with van der Waals surface area (Å²) in [5.74, 6) is 0.409. The zero-order valence-electron chi connectivity index (χ0n) is 17.4. The standard InChI is InChI=1S/C22H20F3N3O3S/c1-12(2)15-9-14(30-3)10-16-19(15)20(29)28(32-16)21(13-7-5-4-6-8-13)31-18-11-17(26-27-18)22(23,24)25/h4-12,21H,1-3H3,(H,26,27). The third-order valence-corrected chi connectivity index (χ3v) is 6.04. The van der Waals surface area contributed by atoms with E-state index in [0.29, 0.717) is 21.4 Å². The fraction of sp³-hybridized carbons (Fsp3) is 0.273. The second-order valence-electron chi connectivity index (χ2n) is 7.47. The van der Waals surface area contributed by atoms with Crippen molar-refractivity contribution in [2.45, 2.75) is 32.2 Å². The van der Waals surface area contributed by atoms with E-state index >= 15 is 0 Å². The van der Waals surface area contributed by atoms with Crippen LogP contribution in [0, 0.1) is 0 Å². The van der Waals surface area contributed by atoms with Gasteiger partial charge in [0.2, 0.25) is 12.1 Å². The minimum atomic E-state index is -4.59. The molecule has 0 fully saturated rings. The van der Waals surface area contributed by atoms with Crippen molar-refractivity contribution < 1.29 is 22.6 Å². The third kappa shape index (κ3) is 4.10. The van der Waals surface area contributed by atoms with E-state index in [4.69, 9.17) is 9.47 Å². The summed E-state index contributed by atoms with van der Waals surface area (Å²) >= 11 is 1.16. The van der Waals surface area contributed by atoms with Gasteiger partial charge >= 0.3 is 6.18 Å². The summed E-state index contributed by atoms with van der Waals surface area (Å²) in [6.07, 6.45) is -5.59. The van der Waals surface area contributed by atoms with Crippen molar-refractivity contribution in [3.05, 3.63) is 75.7 Å². The largest absolute Gasteiger partial charge is 0.497 e. The van der Waals surface area contributed by atoms with E-state index in [2.05, 4.69) is 5.10 Å². The first kappa shape index (κ1) is 21.9. The molecule has 0 radical (unpaired) electrons. The van der Waals surface area contributed by atoms with Crippen LogP contribution in [0.3, 0.4) is 0 Å². The van der Waals surface area contributed by atoms with E-state index in [-0.39, 0.29) is 17.4 Å². The lowest BCUT2D eigenvalue weighted by Crippen LogP contribution is -2.25. The van der Waals surface area contributed by atoms with Crippen LogP contribution in [0.1, 0.15) is 42.8 Å². The number of fused-ring (bicyclic) bond motifs is 1. The van der Waals surface area contributed by atoms with Gasteiger partial charge in [-0.3, -0.25) is 9.89 Å². The molecular formula is C22H20F3N3O3S. The van der Waals surface area contributed by atoms with Crippen LogP contribution in [0.4, 0.5) is 13.2 Å². The average molecular weight is 463 g/mol. The van der Waals surface area contributed by atoms with Gasteiger partial charge in [-0.1, -0.05) is 55.7 Å². The van der Waals surface area contributed by atoms with Crippen LogP contribution in [0.15, 0.2) is 53.3 Å². The van der Waals surface area contributed by atoms with Gasteiger partial charge in [0.05, 0.1) is 17.2 Å². The van der Waals surface area contributed by atoms with Crippen LogP contribution in [-0.2, 0) is 6.18 Å². The first-order valence-corrected chi connectivity index (χ1v) is 10.5. The molecule has 0 spiro atoms. The molecule has 32 heavy (non-hydrogen) atoms. The molecule has 0 saturated heterocycles. The van der Waals surface area contributed by atoms with Gasteiger partial charge in [-0.2, -0.15) is 13.2 Å². The Kier molecular flexibility index (Phi) is 5.72. The second kappa shape index (κ2) is 8.34. The number of hydrogen-bond donors (Lipinski definition) is 1. The van der Waals surface area contributed by atoms with E-state index in [1.807, 2.05) is 25.0 Å². The van der Waals surface area contributed by atoms with Gasteiger partial charge in [-0.25, -0.2) is 3.96 Å². The quantitative estimate of drug-likeness (QED) is 0.406. The summed E-state index contributed by atoms with van der Waals surface area (Å²) in [6, 6.07) is 13.2. The van der Waals surface area contributed by atoms with Crippen molar-refractivity contribution in [3.8, 4) is 11.6 Å². The Morgan fingerprint density at radius 2 is 1.84 bits per heavy atom. The number of ether oxygens (including phenoxy) is 2. The lowest BCUT2D eigenvalue weighted by atomic mass is 9.99. The highest BCUT2D eigenvalue weighted by molar-refractivity contribution is 7.14. The molecule has 0 aliphatic heterocycles. The van der Waals surface area contributed by atoms with Gasteiger partial charge in [-0.15, -0.1) is 5.10 Å². The second-order valence-corrected chi connectivity index (χ2v) is 8.48. The highest BCUT2D eigenvalue weighted by atomic mass is 32.1. The van der Waals surface area contributed by atoms with E-state index in [0.717, 1.165) is 23.2 Å². The zero-order valence-corrected chi connectivity index (χ0v) is 18.3. The number of methoxy groups -OCH3 is 1. The van der Waals surface area contributed by atoms with E-state index < -0.39 is 18.1 Å². The number of rotatable bonds is 6. The molecule has 1 unspecified atom stereocenters. The van der Waals surface area contributed by atoms with Gasteiger partial charge < -0.3 is 9.47 Å². The van der Waals surface area contributed by atoms with Gasteiger partial charge in [0.25, 0.3) is 5.56 Å². The molecular weight excluding hydrogens is 443 g/mol. The van der Waals surface area contributed by atoms with Crippen molar-refractivity contribution in [2.24, 2.45) is 0 Å². The highest BCUT2D eigenvalue weighted by Gasteiger charge is 2.34. The first-order valence-electron chi connectivity index (χ1n) is 9.76. The Morgan fingerprint density at radius 1 is 1.12 bits per heavy atom. The van der Waals surface area contributed by atoms with Crippen LogP contribution in [-0.4, -0.2) is 21.3 Å². The lowest BCUT2D eigenvalue weighted by molar-refractivity contribution is -0.141. The van der Waals surface area contributed by atoms with Crippen LogP contribution in [0.2, 0.25) is 0 Å². The number of nitrogens with one attached hydrogen (secondary N) is 1. The Balaban J connectivity index is 1.87. The average Bonchev–Trinajstić information content (AvgIpc) is 3.36. The molecule has 2 heterocycles. The fourth-order valence-electron chi connectivity index (χ4n) is 3.39. The Labute approximate surface area is 185 Å². The maximum absolute atomic E-state index is 13.5. The number of halogens is 3. The molecule has 0 saturated carbocycles. The maximum Gasteiger partial charge on any atom is 0.432 e. The first-order chi connectivity index (χ1) is 15.2. The summed E-state index contributed by atoms with van der Waals surface area (Å²) < 4.78 is 52.3. The van der Waals surface area contributed by atoms with Crippen molar-refractivity contribution in [2.75, 3.05) is 7.11 Å². The number of H-pyrrole nitrogens is 1. The maximum atomic E-state index is 13.5. The molecule has 1 N–H and O–H groups in total. The molecule has 4 rings (SSSR count). The van der Waals surface area contributed by atoms with Crippen molar-refractivity contribution >= 4 is 21.6 Å². The lowest BCUT2D eigenvalue weighted by Gasteiger charge is -2.18. The van der Waals surface area contributed by atoms with Crippen molar-refractivity contribution in [1.29, 1.82) is 0 Å². The minimum Gasteiger partial charge on any atom is -0.497 e. The summed E-state index contributed by atoms with van der Waals surface area (Å²) in [5, 5.41) is 6.10. The number of alkyl halides is 3. The fourth-order valence-corrected chi connectivity index (χ4v) is 4.50. The van der Waals surface area contributed by atoms with Crippen LogP contribution in [0.25, 0.3) is 10.1 Å². The SMILES string of the molecule is COc1cc(C(C)C)c2c(=O)n(C(Oc3cc(C(F)(F)F)[nH]n3)c3ccccc3)sc2c1. The Morgan fingerprint density at radius 3 is 2.44 bits per heavy atom. The molecule has 0 aliphatic rings. The van der Waals surface area contributed by atoms with E-state index in [1.54, 1.807) is 43.5 Å². The topological polar surface area (TPSA) is 69.1 Å². The van der Waals surface area contributed by atoms with E-state index in [9.17, 15) is 18.0 Å². The highest BCUT2D eigenvalue weighted by Crippen LogP contribution is 2.35. The van der Waals surface area contributed by atoms with Gasteiger partial charge in [0.15, 0.2) is 0 Å². The monoisotopic (exact) mass is 463 g/mol. The van der Waals surface area contributed by atoms with Gasteiger partial charge in [-0.05, 0) is 23.6 Å². The van der Waals surface area contributed by atoms with Crippen molar-refractivity contribution in [3.63, 3.8) is 0 Å². The van der Waals surface area contributed by atoms with Crippen LogP contribution in [0.5, 0.6) is 11.6 Å². The molecule has 168 valence electrons. The molecule has 0 bridgehead atoms. The molecule has 4 aromatic rings. The number of aromatic nitrogens is 3. The zero-order chi connectivity index (χ0) is 23.0. The van der Waals surface area contributed by atoms with E-state index in [1.165, 1.54) is 3.96 Å².